The number of methoxy groups -OCH3 is 1. The van der Waals surface area contributed by atoms with Crippen molar-refractivity contribution in [3.05, 3.63) is 28.8 Å². The van der Waals surface area contributed by atoms with Crippen molar-refractivity contribution in [3.63, 3.8) is 0 Å². The third-order valence-electron chi connectivity index (χ3n) is 4.88. The highest BCUT2D eigenvalue weighted by Crippen LogP contribution is 2.47. The van der Waals surface area contributed by atoms with E-state index in [-0.39, 0.29) is 5.60 Å². The highest BCUT2D eigenvalue weighted by atomic mass is 35.5. The van der Waals surface area contributed by atoms with E-state index in [2.05, 4.69) is 12.2 Å². The molecular weight excluding hydrogens is 286 g/mol. The van der Waals surface area contributed by atoms with E-state index in [0.29, 0.717) is 12.1 Å². The Kier molecular flexibility index (Phi) is 4.43. The summed E-state index contributed by atoms with van der Waals surface area (Å²) in [6.07, 6.45) is 5.70. The summed E-state index contributed by atoms with van der Waals surface area (Å²) in [6, 6.07) is 6.31. The lowest BCUT2D eigenvalue weighted by atomic mass is 9.76. The third-order valence-corrected chi connectivity index (χ3v) is 5.11. The molecule has 1 fully saturated rings. The molecule has 2 aliphatic rings. The molecule has 3 rings (SSSR count). The van der Waals surface area contributed by atoms with Crippen LogP contribution >= 0.6 is 11.6 Å². The smallest absolute Gasteiger partial charge is 0.125 e. The number of rotatable bonds is 3. The summed E-state index contributed by atoms with van der Waals surface area (Å²) < 4.78 is 11.9. The van der Waals surface area contributed by atoms with Crippen molar-refractivity contribution in [3.8, 4) is 5.75 Å². The second-order valence-corrected chi connectivity index (χ2v) is 6.65. The van der Waals surface area contributed by atoms with Gasteiger partial charge in [-0.15, -0.1) is 0 Å². The molecule has 116 valence electrons. The normalized spacial score (nSPS) is 31.8. The average Bonchev–Trinajstić information content (AvgIpc) is 2.49. The number of nitrogens with one attached hydrogen (secondary N) is 1. The molecule has 21 heavy (non-hydrogen) atoms. The molecule has 1 N–H and O–H groups in total. The van der Waals surface area contributed by atoms with Gasteiger partial charge in [-0.25, -0.2) is 0 Å². The van der Waals surface area contributed by atoms with E-state index in [1.54, 1.807) is 0 Å². The first-order valence-electron chi connectivity index (χ1n) is 7.90. The zero-order valence-corrected chi connectivity index (χ0v) is 13.6. The van der Waals surface area contributed by atoms with Gasteiger partial charge in [-0.1, -0.05) is 18.5 Å². The van der Waals surface area contributed by atoms with Crippen molar-refractivity contribution >= 4 is 11.6 Å². The van der Waals surface area contributed by atoms with Gasteiger partial charge in [0.1, 0.15) is 11.4 Å². The molecule has 1 heterocycles. The van der Waals surface area contributed by atoms with E-state index in [1.165, 1.54) is 5.56 Å². The summed E-state index contributed by atoms with van der Waals surface area (Å²) in [5.74, 6) is 0.993. The lowest BCUT2D eigenvalue weighted by Gasteiger charge is -2.46. The Morgan fingerprint density at radius 1 is 1.38 bits per heavy atom. The first-order chi connectivity index (χ1) is 10.2. The third kappa shape index (κ3) is 3.05. The summed E-state index contributed by atoms with van der Waals surface area (Å²) in [6.45, 7) is 3.10. The molecule has 1 atom stereocenters. The van der Waals surface area contributed by atoms with Crippen LogP contribution < -0.4 is 10.1 Å². The van der Waals surface area contributed by atoms with Crippen LogP contribution in [-0.4, -0.2) is 25.4 Å². The van der Waals surface area contributed by atoms with E-state index in [9.17, 15) is 0 Å². The monoisotopic (exact) mass is 309 g/mol. The molecule has 1 aromatic carbocycles. The lowest BCUT2D eigenvalue weighted by Crippen LogP contribution is -2.47. The van der Waals surface area contributed by atoms with E-state index >= 15 is 0 Å². The van der Waals surface area contributed by atoms with Crippen LogP contribution in [0.2, 0.25) is 5.02 Å². The fourth-order valence-corrected chi connectivity index (χ4v) is 3.91. The number of hydrogen-bond donors (Lipinski definition) is 1. The highest BCUT2D eigenvalue weighted by Gasteiger charge is 2.43. The molecule has 0 amide bonds. The molecule has 1 unspecified atom stereocenters. The molecule has 1 spiro atoms. The van der Waals surface area contributed by atoms with Gasteiger partial charge in [0.2, 0.25) is 0 Å². The largest absolute Gasteiger partial charge is 0.487 e. The zero-order valence-electron chi connectivity index (χ0n) is 12.8. The quantitative estimate of drug-likeness (QED) is 0.912. The second kappa shape index (κ2) is 6.15. The van der Waals surface area contributed by atoms with E-state index in [0.717, 1.165) is 49.4 Å². The maximum Gasteiger partial charge on any atom is 0.125 e. The van der Waals surface area contributed by atoms with Crippen LogP contribution in [0.3, 0.4) is 0 Å². The maximum atomic E-state index is 6.43. The standard InChI is InChI=1S/C17H24ClNO2/c1-3-19-15-11-17(8-6-13(20-2)7-9-17)21-16-5-4-12(18)10-14(15)16/h4-5,10,13,15,19H,3,6-9,11H2,1-2H3. The van der Waals surface area contributed by atoms with Crippen LogP contribution in [-0.2, 0) is 4.74 Å². The Labute approximate surface area is 132 Å². The van der Waals surface area contributed by atoms with E-state index in [1.807, 2.05) is 25.3 Å². The summed E-state index contributed by atoms with van der Waals surface area (Å²) in [5.41, 5.74) is 1.16. The molecule has 1 aliphatic heterocycles. The van der Waals surface area contributed by atoms with Gasteiger partial charge in [0.05, 0.1) is 6.10 Å². The highest BCUT2D eigenvalue weighted by molar-refractivity contribution is 6.30. The average molecular weight is 310 g/mol. The maximum absolute atomic E-state index is 6.43. The molecule has 1 saturated carbocycles. The number of benzene rings is 1. The summed E-state index contributed by atoms with van der Waals surface area (Å²) in [7, 11) is 1.81. The fraction of sp³-hybridized carbons (Fsp3) is 0.647. The molecule has 3 nitrogen and oxygen atoms in total. The molecule has 1 aromatic rings. The minimum absolute atomic E-state index is 0.0390. The number of hydrogen-bond acceptors (Lipinski definition) is 3. The van der Waals surface area contributed by atoms with Gasteiger partial charge in [0, 0.05) is 30.2 Å². The molecule has 4 heteroatoms. The summed E-state index contributed by atoms with van der Waals surface area (Å²) in [5, 5.41) is 4.37. The number of fused-ring (bicyclic) bond motifs is 1. The van der Waals surface area contributed by atoms with Gasteiger partial charge >= 0.3 is 0 Å². The van der Waals surface area contributed by atoms with Crippen molar-refractivity contribution in [1.82, 2.24) is 5.32 Å². The Bertz CT molecular complexity index is 498. The minimum atomic E-state index is -0.0390. The summed E-state index contributed by atoms with van der Waals surface area (Å²) in [4.78, 5) is 0. The van der Waals surface area contributed by atoms with Crippen molar-refractivity contribution < 1.29 is 9.47 Å². The van der Waals surface area contributed by atoms with Gasteiger partial charge in [-0.3, -0.25) is 0 Å². The van der Waals surface area contributed by atoms with Crippen molar-refractivity contribution in [2.45, 2.75) is 56.8 Å². The van der Waals surface area contributed by atoms with Crippen molar-refractivity contribution in [1.29, 1.82) is 0 Å². The van der Waals surface area contributed by atoms with Crippen LogP contribution in [0.4, 0.5) is 0 Å². The predicted octanol–water partition coefficient (Wildman–Crippen LogP) is 4.10. The van der Waals surface area contributed by atoms with Crippen LogP contribution in [0.15, 0.2) is 18.2 Å². The second-order valence-electron chi connectivity index (χ2n) is 6.22. The van der Waals surface area contributed by atoms with Gasteiger partial charge in [0.25, 0.3) is 0 Å². The van der Waals surface area contributed by atoms with Crippen LogP contribution in [0.25, 0.3) is 0 Å². The van der Waals surface area contributed by atoms with Crippen molar-refractivity contribution in [2.75, 3.05) is 13.7 Å². The van der Waals surface area contributed by atoms with Gasteiger partial charge in [0.15, 0.2) is 0 Å². The predicted molar refractivity (Wildman–Crippen MR) is 85.1 cm³/mol. The fourth-order valence-electron chi connectivity index (χ4n) is 3.73. The molecule has 1 aliphatic carbocycles. The van der Waals surface area contributed by atoms with Gasteiger partial charge < -0.3 is 14.8 Å². The Hall–Kier alpha value is -0.770. The molecule has 0 radical (unpaired) electrons. The molecule has 0 aromatic heterocycles. The minimum Gasteiger partial charge on any atom is -0.487 e. The number of ether oxygens (including phenoxy) is 2. The van der Waals surface area contributed by atoms with Crippen molar-refractivity contribution in [2.24, 2.45) is 0 Å². The molecular formula is C17H24ClNO2. The Balaban J connectivity index is 1.85. The van der Waals surface area contributed by atoms with Crippen LogP contribution in [0.5, 0.6) is 5.75 Å². The zero-order chi connectivity index (χ0) is 14.9. The van der Waals surface area contributed by atoms with Crippen LogP contribution in [0.1, 0.15) is 50.6 Å². The SMILES string of the molecule is CCNC1CC2(CCC(OC)CC2)Oc2ccc(Cl)cc21. The number of halogens is 1. The lowest BCUT2D eigenvalue weighted by molar-refractivity contribution is -0.0453. The Morgan fingerprint density at radius 3 is 2.81 bits per heavy atom. The van der Waals surface area contributed by atoms with E-state index in [4.69, 9.17) is 21.1 Å². The Morgan fingerprint density at radius 2 is 2.14 bits per heavy atom. The topological polar surface area (TPSA) is 30.5 Å². The van der Waals surface area contributed by atoms with E-state index < -0.39 is 0 Å². The van der Waals surface area contributed by atoms with Crippen LogP contribution in [0, 0.1) is 0 Å². The first-order valence-corrected chi connectivity index (χ1v) is 8.28. The van der Waals surface area contributed by atoms with Gasteiger partial charge in [-0.2, -0.15) is 0 Å². The van der Waals surface area contributed by atoms with Gasteiger partial charge in [-0.05, 0) is 50.4 Å². The molecule has 0 bridgehead atoms. The first kappa shape index (κ1) is 15.1. The summed E-state index contributed by atoms with van der Waals surface area (Å²) >= 11 is 6.16. The molecule has 0 saturated heterocycles.